The van der Waals surface area contributed by atoms with Crippen LogP contribution in [0.2, 0.25) is 0 Å². The maximum atomic E-state index is 12.4. The number of benzene rings is 1. The second kappa shape index (κ2) is 5.61. The average molecular weight is 259 g/mol. The third-order valence-electron chi connectivity index (χ3n) is 3.20. The van der Waals surface area contributed by atoms with E-state index in [1.165, 1.54) is 0 Å². The van der Waals surface area contributed by atoms with Crippen LogP contribution in [-0.2, 0) is 0 Å². The zero-order valence-corrected chi connectivity index (χ0v) is 10.9. The fraction of sp³-hybridized carbons (Fsp3) is 0.429. The Labute approximate surface area is 112 Å². The Balaban J connectivity index is 2.19. The van der Waals surface area contributed by atoms with E-state index in [9.17, 15) is 4.79 Å². The van der Waals surface area contributed by atoms with Gasteiger partial charge < -0.3 is 15.4 Å². The van der Waals surface area contributed by atoms with Crippen molar-refractivity contribution in [1.82, 2.24) is 4.90 Å². The van der Waals surface area contributed by atoms with Crippen molar-refractivity contribution in [2.24, 2.45) is 0 Å². The largest absolute Gasteiger partial charge is 0.497 e. The fourth-order valence-corrected chi connectivity index (χ4v) is 2.02. The van der Waals surface area contributed by atoms with Crippen molar-refractivity contribution in [2.45, 2.75) is 25.3 Å². The number of hydrogen-bond donors (Lipinski definition) is 1. The SMILES string of the molecule is COc1ccc(C(=O)N(CCC#N)C2CC2)c(N)c1. The molecule has 0 spiro atoms. The zero-order valence-electron chi connectivity index (χ0n) is 10.9. The maximum Gasteiger partial charge on any atom is 0.256 e. The summed E-state index contributed by atoms with van der Waals surface area (Å²) < 4.78 is 5.07. The van der Waals surface area contributed by atoms with E-state index in [2.05, 4.69) is 6.07 Å². The first-order chi connectivity index (χ1) is 9.17. The number of rotatable bonds is 5. The molecule has 5 nitrogen and oxygen atoms in total. The molecule has 2 N–H and O–H groups in total. The molecule has 0 aromatic heterocycles. The molecule has 0 radical (unpaired) electrons. The number of amides is 1. The van der Waals surface area contributed by atoms with Crippen molar-refractivity contribution >= 4 is 11.6 Å². The molecular weight excluding hydrogens is 242 g/mol. The minimum Gasteiger partial charge on any atom is -0.497 e. The Morgan fingerprint density at radius 2 is 2.32 bits per heavy atom. The van der Waals surface area contributed by atoms with Crippen LogP contribution in [0.5, 0.6) is 5.75 Å². The lowest BCUT2D eigenvalue weighted by Gasteiger charge is -2.22. The highest BCUT2D eigenvalue weighted by atomic mass is 16.5. The standard InChI is InChI=1S/C14H17N3O2/c1-19-11-5-6-12(13(16)9-11)14(18)17(8-2-7-15)10-3-4-10/h5-6,9-10H,2-4,8,16H2,1H3. The number of carbonyl (C=O) groups excluding carboxylic acids is 1. The number of methoxy groups -OCH3 is 1. The van der Waals surface area contributed by atoms with E-state index >= 15 is 0 Å². The first kappa shape index (κ1) is 13.2. The van der Waals surface area contributed by atoms with Crippen molar-refractivity contribution in [1.29, 1.82) is 5.26 Å². The highest BCUT2D eigenvalue weighted by molar-refractivity contribution is 5.99. The van der Waals surface area contributed by atoms with Crippen LogP contribution in [0.4, 0.5) is 5.69 Å². The first-order valence-corrected chi connectivity index (χ1v) is 6.28. The van der Waals surface area contributed by atoms with E-state index in [4.69, 9.17) is 15.7 Å². The minimum atomic E-state index is -0.0992. The molecule has 1 saturated carbocycles. The van der Waals surface area contributed by atoms with Gasteiger partial charge in [-0.05, 0) is 25.0 Å². The summed E-state index contributed by atoms with van der Waals surface area (Å²) in [6.45, 7) is 0.464. The average Bonchev–Trinajstić information content (AvgIpc) is 3.23. The van der Waals surface area contributed by atoms with E-state index in [0.29, 0.717) is 30.0 Å². The lowest BCUT2D eigenvalue weighted by molar-refractivity contribution is 0.0748. The van der Waals surface area contributed by atoms with Gasteiger partial charge in [-0.1, -0.05) is 0 Å². The summed E-state index contributed by atoms with van der Waals surface area (Å²) in [7, 11) is 1.56. The van der Waals surface area contributed by atoms with Crippen molar-refractivity contribution in [3.8, 4) is 11.8 Å². The molecule has 19 heavy (non-hydrogen) atoms. The second-order valence-electron chi connectivity index (χ2n) is 4.59. The first-order valence-electron chi connectivity index (χ1n) is 6.28. The van der Waals surface area contributed by atoms with Crippen LogP contribution in [-0.4, -0.2) is 30.5 Å². The van der Waals surface area contributed by atoms with Crippen LogP contribution in [0.25, 0.3) is 0 Å². The molecular formula is C14H17N3O2. The summed E-state index contributed by atoms with van der Waals surface area (Å²) in [5, 5.41) is 8.66. The van der Waals surface area contributed by atoms with Gasteiger partial charge in [-0.25, -0.2) is 0 Å². The molecule has 100 valence electrons. The number of nitriles is 1. The van der Waals surface area contributed by atoms with Gasteiger partial charge in [-0.2, -0.15) is 5.26 Å². The van der Waals surface area contributed by atoms with E-state index in [-0.39, 0.29) is 11.9 Å². The number of hydrogen-bond acceptors (Lipinski definition) is 4. The fourth-order valence-electron chi connectivity index (χ4n) is 2.02. The Kier molecular flexibility index (Phi) is 3.91. The molecule has 5 heteroatoms. The highest BCUT2D eigenvalue weighted by Gasteiger charge is 2.33. The number of nitrogens with two attached hydrogens (primary N) is 1. The van der Waals surface area contributed by atoms with Crippen molar-refractivity contribution in [3.63, 3.8) is 0 Å². The highest BCUT2D eigenvalue weighted by Crippen LogP contribution is 2.30. The van der Waals surface area contributed by atoms with Crippen molar-refractivity contribution < 1.29 is 9.53 Å². The van der Waals surface area contributed by atoms with Gasteiger partial charge in [0.15, 0.2) is 0 Å². The summed E-state index contributed by atoms with van der Waals surface area (Å²) in [4.78, 5) is 14.2. The van der Waals surface area contributed by atoms with Gasteiger partial charge in [-0.15, -0.1) is 0 Å². The lowest BCUT2D eigenvalue weighted by atomic mass is 10.1. The topological polar surface area (TPSA) is 79.3 Å². The van der Waals surface area contributed by atoms with E-state index in [0.717, 1.165) is 12.8 Å². The summed E-state index contributed by atoms with van der Waals surface area (Å²) in [5.74, 6) is 0.530. The molecule has 1 aliphatic carbocycles. The number of anilines is 1. The normalized spacial score (nSPS) is 13.7. The number of nitrogen functional groups attached to an aromatic ring is 1. The Morgan fingerprint density at radius 1 is 1.58 bits per heavy atom. The van der Waals surface area contributed by atoms with Gasteiger partial charge in [-0.3, -0.25) is 4.79 Å². The van der Waals surface area contributed by atoms with Crippen molar-refractivity contribution in [3.05, 3.63) is 23.8 Å². The zero-order chi connectivity index (χ0) is 13.8. The molecule has 1 aliphatic rings. The molecule has 1 aromatic rings. The van der Waals surface area contributed by atoms with Gasteiger partial charge in [0, 0.05) is 24.3 Å². The van der Waals surface area contributed by atoms with Crippen LogP contribution in [0.15, 0.2) is 18.2 Å². The molecule has 0 saturated heterocycles. The van der Waals surface area contributed by atoms with E-state index in [1.807, 2.05) is 0 Å². The number of ether oxygens (including phenoxy) is 1. The minimum absolute atomic E-state index is 0.0992. The molecule has 1 amide bonds. The Bertz CT molecular complexity index is 518. The summed E-state index contributed by atoms with van der Waals surface area (Å²) >= 11 is 0. The lowest BCUT2D eigenvalue weighted by Crippen LogP contribution is -2.34. The smallest absolute Gasteiger partial charge is 0.256 e. The van der Waals surface area contributed by atoms with Crippen molar-refractivity contribution in [2.75, 3.05) is 19.4 Å². The van der Waals surface area contributed by atoms with Gasteiger partial charge in [0.1, 0.15) is 5.75 Å². The Morgan fingerprint density at radius 3 is 2.84 bits per heavy atom. The quantitative estimate of drug-likeness (QED) is 0.818. The molecule has 2 rings (SSSR count). The summed E-state index contributed by atoms with van der Waals surface area (Å²) in [5.41, 5.74) is 6.78. The van der Waals surface area contributed by atoms with Crippen LogP contribution in [0, 0.1) is 11.3 Å². The molecule has 0 atom stereocenters. The van der Waals surface area contributed by atoms with Gasteiger partial charge >= 0.3 is 0 Å². The molecule has 0 unspecified atom stereocenters. The van der Waals surface area contributed by atoms with Crippen LogP contribution in [0.3, 0.4) is 0 Å². The number of nitrogens with zero attached hydrogens (tertiary/aromatic N) is 2. The predicted molar refractivity (Wildman–Crippen MR) is 71.7 cm³/mol. The maximum absolute atomic E-state index is 12.4. The third kappa shape index (κ3) is 2.97. The van der Waals surface area contributed by atoms with Gasteiger partial charge in [0.05, 0.1) is 25.2 Å². The van der Waals surface area contributed by atoms with Crippen LogP contribution in [0.1, 0.15) is 29.6 Å². The summed E-state index contributed by atoms with van der Waals surface area (Å²) in [6, 6.07) is 7.38. The van der Waals surface area contributed by atoms with Crippen LogP contribution >= 0.6 is 0 Å². The van der Waals surface area contributed by atoms with Crippen LogP contribution < -0.4 is 10.5 Å². The van der Waals surface area contributed by atoms with Gasteiger partial charge in [0.25, 0.3) is 5.91 Å². The monoisotopic (exact) mass is 259 g/mol. The molecule has 1 fully saturated rings. The molecule has 0 heterocycles. The van der Waals surface area contributed by atoms with Gasteiger partial charge in [0.2, 0.25) is 0 Å². The molecule has 0 bridgehead atoms. The molecule has 1 aromatic carbocycles. The van der Waals surface area contributed by atoms with E-state index < -0.39 is 0 Å². The summed E-state index contributed by atoms with van der Waals surface area (Å²) in [6.07, 6.45) is 2.36. The van der Waals surface area contributed by atoms with E-state index in [1.54, 1.807) is 30.2 Å². The Hall–Kier alpha value is -2.22. The molecule has 0 aliphatic heterocycles. The third-order valence-corrected chi connectivity index (χ3v) is 3.20. The number of carbonyl (C=O) groups is 1. The second-order valence-corrected chi connectivity index (χ2v) is 4.59. The predicted octanol–water partition coefficient (Wildman–Crippen LogP) is 1.80.